The molecule has 0 spiro atoms. The van der Waals surface area contributed by atoms with E-state index in [1.807, 2.05) is 72.4 Å². The van der Waals surface area contributed by atoms with E-state index >= 15 is 0 Å². The Labute approximate surface area is 364 Å². The molecule has 4 aromatic heterocycles. The van der Waals surface area contributed by atoms with Gasteiger partial charge in [-0.1, -0.05) is 24.6 Å². The second-order valence-corrected chi connectivity index (χ2v) is 15.2. The number of carbonyl (C=O) groups is 3. The quantitative estimate of drug-likeness (QED) is 0.0473. The molecule has 0 aliphatic carbocycles. The molecule has 2 fully saturated rings. The number of amides is 4. The molecule has 4 atom stereocenters. The Balaban J connectivity index is 0.00000360. The summed E-state index contributed by atoms with van der Waals surface area (Å²) >= 11 is 1.88. The van der Waals surface area contributed by atoms with Crippen LogP contribution in [0.3, 0.4) is 0 Å². The van der Waals surface area contributed by atoms with E-state index in [1.54, 1.807) is 30.9 Å². The Kier molecular flexibility index (Phi) is 19.6. The molecule has 290 valence electrons. The Morgan fingerprint density at radius 1 is 0.754 bits per heavy atom. The molecule has 5 N–H and O–H groups in total. The van der Waals surface area contributed by atoms with Gasteiger partial charge in [0.2, 0.25) is 5.91 Å². The number of fused-ring (bicyclic) bond motifs is 1. The smallest absolute Gasteiger partial charge is 0.390 e. The number of pyridine rings is 4. The van der Waals surface area contributed by atoms with Crippen molar-refractivity contribution in [2.24, 2.45) is 0 Å². The standard InChI is InChI=1S/C40H50N10O4S.2Zn/c51-34(26-49(22-30-9-3-6-16-41-30)23-31-10-4-7-17-42-31)27-50(24-32-11-5-8-18-43-32)25-33-15-14-29(21-46-33)39(53)45-20-19-44-37(52)13-2-1-12-36-38-35(28-55-36)47-40(54)48-38;;/h3-11,14-18,21,34-36,38,51H,1-2,12-13,19-20,22-28H2,(H,44,52)(H,45,53)(H2,47,48,54);;/q;2*+2/t34?,35-,36?,38-;;/m0../s1. The number of rotatable bonds is 21. The zero-order valence-electron chi connectivity index (χ0n) is 32.3. The maximum Gasteiger partial charge on any atom is 2.00 e. The Bertz CT molecular complexity index is 1760. The number of thioether (sulfide) groups is 1. The van der Waals surface area contributed by atoms with Gasteiger partial charge in [0.05, 0.1) is 46.5 Å². The number of aliphatic hydroxyl groups excluding tert-OH is 1. The van der Waals surface area contributed by atoms with E-state index in [-0.39, 0.29) is 68.9 Å². The molecular formula is C40H50N10O4SZn2+4. The maximum absolute atomic E-state index is 12.8. The van der Waals surface area contributed by atoms with Gasteiger partial charge < -0.3 is 26.4 Å². The molecule has 14 nitrogen and oxygen atoms in total. The molecule has 2 unspecified atom stereocenters. The van der Waals surface area contributed by atoms with E-state index in [2.05, 4.69) is 51.0 Å². The number of hydrogen-bond donors (Lipinski definition) is 5. The summed E-state index contributed by atoms with van der Waals surface area (Å²) in [6, 6.07) is 21.3. The molecule has 0 saturated carbocycles. The summed E-state index contributed by atoms with van der Waals surface area (Å²) in [4.78, 5) is 59.1. The first-order chi connectivity index (χ1) is 26.9. The van der Waals surface area contributed by atoms with Crippen molar-refractivity contribution in [1.82, 2.24) is 51.0 Å². The average molecular weight is 898 g/mol. The van der Waals surface area contributed by atoms with E-state index in [9.17, 15) is 19.5 Å². The number of aliphatic hydroxyl groups is 1. The second kappa shape index (κ2) is 24.3. The fourth-order valence-electron chi connectivity index (χ4n) is 6.91. The normalized spacial score (nSPS) is 17.5. The van der Waals surface area contributed by atoms with E-state index < -0.39 is 6.10 Å². The third-order valence-corrected chi connectivity index (χ3v) is 11.1. The first kappa shape index (κ1) is 46.0. The molecule has 2 aliphatic rings. The number of hydrogen-bond acceptors (Lipinski definition) is 11. The maximum atomic E-state index is 12.8. The van der Waals surface area contributed by atoms with E-state index in [4.69, 9.17) is 0 Å². The van der Waals surface area contributed by atoms with Gasteiger partial charge in [0.15, 0.2) is 0 Å². The molecule has 4 aromatic rings. The minimum atomic E-state index is -0.694. The van der Waals surface area contributed by atoms with Crippen molar-refractivity contribution >= 4 is 29.6 Å². The number of urea groups is 1. The predicted octanol–water partition coefficient (Wildman–Crippen LogP) is 2.90. The van der Waals surface area contributed by atoms with Gasteiger partial charge in [0.25, 0.3) is 5.91 Å². The Morgan fingerprint density at radius 3 is 1.84 bits per heavy atom. The minimum absolute atomic E-state index is 0. The Morgan fingerprint density at radius 2 is 1.32 bits per heavy atom. The molecule has 4 amide bonds. The first-order valence-corrected chi connectivity index (χ1v) is 19.9. The van der Waals surface area contributed by atoms with Gasteiger partial charge >= 0.3 is 45.0 Å². The van der Waals surface area contributed by atoms with Crippen molar-refractivity contribution < 1.29 is 58.4 Å². The zero-order valence-corrected chi connectivity index (χ0v) is 39.1. The van der Waals surface area contributed by atoms with Crippen LogP contribution in [0.1, 0.15) is 58.8 Å². The van der Waals surface area contributed by atoms with Gasteiger partial charge in [0.1, 0.15) is 0 Å². The van der Waals surface area contributed by atoms with Crippen molar-refractivity contribution in [3.63, 3.8) is 0 Å². The van der Waals surface area contributed by atoms with Crippen molar-refractivity contribution in [2.45, 2.75) is 75.3 Å². The monoisotopic (exact) mass is 894 g/mol. The molecular weight excluding hydrogens is 847 g/mol. The third-order valence-electron chi connectivity index (χ3n) is 9.56. The molecule has 2 aliphatic heterocycles. The SMILES string of the molecule is O=C(CCCCC1SC[C@@H]2NC(=O)N[C@H]12)NCCNC(=O)c1ccc(CN(Cc2ccccn2)CC(O)CN(Cc2ccccn2)Cc2ccccn2)nc1.[Zn+2].[Zn+2]. The number of aromatic nitrogens is 4. The van der Waals surface area contributed by atoms with Crippen molar-refractivity contribution in [3.8, 4) is 0 Å². The minimum Gasteiger partial charge on any atom is -0.390 e. The van der Waals surface area contributed by atoms with Crippen LogP contribution in [0.15, 0.2) is 91.5 Å². The fourth-order valence-corrected chi connectivity index (χ4v) is 8.45. The summed E-state index contributed by atoms with van der Waals surface area (Å²) in [5.74, 6) is 0.623. The van der Waals surface area contributed by atoms with Crippen LogP contribution in [0.4, 0.5) is 4.79 Å². The topological polar surface area (TPSA) is 178 Å². The molecule has 17 heteroatoms. The predicted molar refractivity (Wildman–Crippen MR) is 210 cm³/mol. The van der Waals surface area contributed by atoms with Crippen LogP contribution in [-0.4, -0.2) is 108 Å². The van der Waals surface area contributed by atoms with Gasteiger partial charge in [-0.3, -0.25) is 39.3 Å². The van der Waals surface area contributed by atoms with Gasteiger partial charge in [-0.2, -0.15) is 11.8 Å². The van der Waals surface area contributed by atoms with Crippen LogP contribution in [-0.2, 0) is 69.9 Å². The van der Waals surface area contributed by atoms with Crippen molar-refractivity contribution in [2.75, 3.05) is 31.9 Å². The van der Waals surface area contributed by atoms with E-state index in [0.29, 0.717) is 69.6 Å². The van der Waals surface area contributed by atoms with Crippen molar-refractivity contribution in [1.29, 1.82) is 0 Å². The summed E-state index contributed by atoms with van der Waals surface area (Å²) in [6.45, 7) is 3.48. The molecule has 0 aromatic carbocycles. The number of unbranched alkanes of at least 4 members (excludes halogenated alkanes) is 1. The van der Waals surface area contributed by atoms with Gasteiger partial charge in [0, 0.05) is 94.6 Å². The summed E-state index contributed by atoms with van der Waals surface area (Å²) < 4.78 is 0. The molecule has 0 bridgehead atoms. The number of nitrogens with zero attached hydrogens (tertiary/aromatic N) is 6. The van der Waals surface area contributed by atoms with Crippen molar-refractivity contribution in [3.05, 3.63) is 120 Å². The van der Waals surface area contributed by atoms with Crippen LogP contribution in [0.2, 0.25) is 0 Å². The number of carbonyl (C=O) groups excluding carboxylic acids is 3. The molecule has 57 heavy (non-hydrogen) atoms. The van der Waals surface area contributed by atoms with E-state index in [1.165, 1.54) is 0 Å². The average Bonchev–Trinajstić information content (AvgIpc) is 3.75. The van der Waals surface area contributed by atoms with Crippen LogP contribution in [0.25, 0.3) is 0 Å². The first-order valence-electron chi connectivity index (χ1n) is 18.9. The molecule has 6 rings (SSSR count). The zero-order chi connectivity index (χ0) is 38.2. The van der Waals surface area contributed by atoms with Gasteiger partial charge in [-0.15, -0.1) is 0 Å². The van der Waals surface area contributed by atoms with Crippen LogP contribution in [0.5, 0.6) is 0 Å². The summed E-state index contributed by atoms with van der Waals surface area (Å²) in [5.41, 5.74) is 3.87. The molecule has 2 saturated heterocycles. The van der Waals surface area contributed by atoms with Crippen LogP contribution in [0, 0.1) is 0 Å². The number of nitrogens with one attached hydrogen (secondary N) is 4. The Hall–Kier alpha value is -3.71. The van der Waals surface area contributed by atoms with Gasteiger partial charge in [-0.25, -0.2) is 4.79 Å². The molecule has 6 heterocycles. The second-order valence-electron chi connectivity index (χ2n) is 14.0. The molecule has 0 radical (unpaired) electrons. The third kappa shape index (κ3) is 15.2. The van der Waals surface area contributed by atoms with Gasteiger partial charge in [-0.05, 0) is 61.4 Å². The summed E-state index contributed by atoms with van der Waals surface area (Å²) in [5, 5.41) is 23.5. The van der Waals surface area contributed by atoms with Crippen LogP contribution >= 0.6 is 11.8 Å². The summed E-state index contributed by atoms with van der Waals surface area (Å²) in [6.07, 6.45) is 9.25. The van der Waals surface area contributed by atoms with Crippen LogP contribution < -0.4 is 21.3 Å². The largest absolute Gasteiger partial charge is 2.00 e. The summed E-state index contributed by atoms with van der Waals surface area (Å²) in [7, 11) is 0. The fraction of sp³-hybridized carbons (Fsp3) is 0.425. The van der Waals surface area contributed by atoms with E-state index in [0.717, 1.165) is 47.8 Å².